The molecular weight excluding hydrogens is 471 g/mol. The van der Waals surface area contributed by atoms with Gasteiger partial charge in [0.1, 0.15) is 11.3 Å². The molecule has 2 aromatic carbocycles. The molecule has 32 heavy (non-hydrogen) atoms. The lowest BCUT2D eigenvalue weighted by molar-refractivity contribution is 0.101. The number of carbonyl (C=O) groups is 1. The fourth-order valence-electron chi connectivity index (χ4n) is 3.54. The van der Waals surface area contributed by atoms with E-state index in [1.165, 1.54) is 22.0 Å². The van der Waals surface area contributed by atoms with Gasteiger partial charge in [0.05, 0.1) is 21.0 Å². The van der Waals surface area contributed by atoms with Gasteiger partial charge in [0.2, 0.25) is 11.7 Å². The molecule has 0 aliphatic carbocycles. The summed E-state index contributed by atoms with van der Waals surface area (Å²) < 4.78 is 7.59. The van der Waals surface area contributed by atoms with Crippen molar-refractivity contribution in [3.8, 4) is 28.0 Å². The molecule has 0 saturated heterocycles. The van der Waals surface area contributed by atoms with Gasteiger partial charge in [0, 0.05) is 10.6 Å². The fraction of sp³-hybridized carbons (Fsp3) is 0.0435. The van der Waals surface area contributed by atoms with Crippen LogP contribution < -0.4 is 0 Å². The third-order valence-corrected chi connectivity index (χ3v) is 6.51. The van der Waals surface area contributed by atoms with Crippen LogP contribution in [0.25, 0.3) is 26.6 Å². The molecule has 2 N–H and O–H groups in total. The maximum Gasteiger partial charge on any atom is 0.242 e. The summed E-state index contributed by atoms with van der Waals surface area (Å²) in [5, 5.41) is 23.0. The van der Waals surface area contributed by atoms with Crippen molar-refractivity contribution in [1.29, 1.82) is 0 Å². The summed E-state index contributed by atoms with van der Waals surface area (Å²) in [5.74, 6) is -1.11. The average molecular weight is 485 g/mol. The number of nitrogens with zero attached hydrogens (tertiary/aromatic N) is 2. The predicted molar refractivity (Wildman–Crippen MR) is 125 cm³/mol. The molecule has 0 bridgehead atoms. The number of hydrogen-bond acceptors (Lipinski definition) is 6. The maximum absolute atomic E-state index is 13.3. The van der Waals surface area contributed by atoms with E-state index in [0.29, 0.717) is 32.0 Å². The van der Waals surface area contributed by atoms with E-state index >= 15 is 0 Å². The predicted octanol–water partition coefficient (Wildman–Crippen LogP) is 6.60. The number of aromatic hydroxyl groups is 2. The standard InChI is InChI=1S/C23H14Cl2N2O4S/c1-11-8-9-15(31-11)20(28)17-19(12-4-2-5-13(24)10-12)27(22(30)21(17)29)23-26-18-14(25)6-3-7-16(18)32-23/h2-10,29-30H,1H3. The lowest BCUT2D eigenvalue weighted by Crippen LogP contribution is -2.04. The van der Waals surface area contributed by atoms with Crippen molar-refractivity contribution in [2.75, 3.05) is 0 Å². The van der Waals surface area contributed by atoms with Gasteiger partial charge in [0.15, 0.2) is 16.6 Å². The van der Waals surface area contributed by atoms with Crippen LogP contribution in [0.15, 0.2) is 59.0 Å². The summed E-state index contributed by atoms with van der Waals surface area (Å²) in [5.41, 5.74) is 1.17. The van der Waals surface area contributed by atoms with E-state index in [2.05, 4.69) is 4.98 Å². The zero-order chi connectivity index (χ0) is 22.6. The molecule has 3 aromatic heterocycles. The molecule has 0 aliphatic heterocycles. The van der Waals surface area contributed by atoms with E-state index in [1.807, 2.05) is 6.07 Å². The van der Waals surface area contributed by atoms with Crippen LogP contribution in [0, 0.1) is 6.92 Å². The first-order valence-electron chi connectivity index (χ1n) is 9.44. The second-order valence-electron chi connectivity index (χ2n) is 7.06. The van der Waals surface area contributed by atoms with E-state index in [-0.39, 0.29) is 17.0 Å². The van der Waals surface area contributed by atoms with Crippen LogP contribution in [0.2, 0.25) is 10.0 Å². The molecule has 0 spiro atoms. The van der Waals surface area contributed by atoms with Crippen LogP contribution in [-0.2, 0) is 0 Å². The molecule has 0 amide bonds. The van der Waals surface area contributed by atoms with E-state index in [1.54, 1.807) is 49.4 Å². The summed E-state index contributed by atoms with van der Waals surface area (Å²) in [6.45, 7) is 1.71. The Morgan fingerprint density at radius 2 is 1.88 bits per heavy atom. The minimum absolute atomic E-state index is 0.0329. The summed E-state index contributed by atoms with van der Waals surface area (Å²) in [4.78, 5) is 17.9. The number of furan rings is 1. The van der Waals surface area contributed by atoms with Crippen LogP contribution in [0.4, 0.5) is 0 Å². The number of benzene rings is 2. The lowest BCUT2D eigenvalue weighted by Gasteiger charge is -2.09. The molecule has 6 nitrogen and oxygen atoms in total. The Morgan fingerprint density at radius 3 is 2.56 bits per heavy atom. The van der Waals surface area contributed by atoms with Gasteiger partial charge in [-0.2, -0.15) is 0 Å². The van der Waals surface area contributed by atoms with Crippen LogP contribution in [-0.4, -0.2) is 25.5 Å². The lowest BCUT2D eigenvalue weighted by atomic mass is 10.0. The molecule has 5 aromatic rings. The number of para-hydroxylation sites is 1. The Morgan fingerprint density at radius 1 is 1.09 bits per heavy atom. The minimum atomic E-state index is -0.584. The molecule has 5 rings (SSSR count). The molecule has 0 aliphatic rings. The van der Waals surface area contributed by atoms with Crippen molar-refractivity contribution < 1.29 is 19.4 Å². The van der Waals surface area contributed by atoms with E-state index < -0.39 is 17.4 Å². The number of halogens is 2. The molecule has 0 atom stereocenters. The SMILES string of the molecule is Cc1ccc(C(=O)c2c(O)c(O)n(-c3nc4c(Cl)cccc4s3)c2-c2cccc(Cl)c2)o1. The van der Waals surface area contributed by atoms with Crippen molar-refractivity contribution in [2.24, 2.45) is 0 Å². The fourth-order valence-corrected chi connectivity index (χ4v) is 5.00. The third kappa shape index (κ3) is 3.26. The highest BCUT2D eigenvalue weighted by atomic mass is 35.5. The van der Waals surface area contributed by atoms with Gasteiger partial charge in [-0.3, -0.25) is 9.36 Å². The summed E-state index contributed by atoms with van der Waals surface area (Å²) in [7, 11) is 0. The maximum atomic E-state index is 13.3. The van der Waals surface area contributed by atoms with Gasteiger partial charge in [-0.15, -0.1) is 0 Å². The smallest absolute Gasteiger partial charge is 0.242 e. The van der Waals surface area contributed by atoms with Crippen molar-refractivity contribution in [3.05, 3.63) is 81.7 Å². The van der Waals surface area contributed by atoms with E-state index in [9.17, 15) is 15.0 Å². The Bertz CT molecular complexity index is 1520. The quantitative estimate of drug-likeness (QED) is 0.280. The molecule has 0 saturated carbocycles. The second-order valence-corrected chi connectivity index (χ2v) is 8.92. The van der Waals surface area contributed by atoms with Gasteiger partial charge in [-0.1, -0.05) is 52.7 Å². The van der Waals surface area contributed by atoms with Gasteiger partial charge >= 0.3 is 0 Å². The Labute approximate surface area is 195 Å². The Kier molecular flexibility index (Phi) is 4.97. The van der Waals surface area contributed by atoms with Gasteiger partial charge in [-0.25, -0.2) is 4.98 Å². The first kappa shape index (κ1) is 20.6. The zero-order valence-electron chi connectivity index (χ0n) is 16.5. The summed E-state index contributed by atoms with van der Waals surface area (Å²) in [6, 6.07) is 15.3. The molecule has 0 radical (unpaired) electrons. The highest BCUT2D eigenvalue weighted by molar-refractivity contribution is 7.21. The molecular formula is C23H14Cl2N2O4S. The van der Waals surface area contributed by atoms with Crippen molar-refractivity contribution in [3.63, 3.8) is 0 Å². The highest BCUT2D eigenvalue weighted by Gasteiger charge is 2.32. The minimum Gasteiger partial charge on any atom is -0.503 e. The van der Waals surface area contributed by atoms with Crippen LogP contribution in [0.3, 0.4) is 0 Å². The number of thiazole rings is 1. The largest absolute Gasteiger partial charge is 0.503 e. The molecule has 160 valence electrons. The number of carbonyl (C=O) groups excluding carboxylic acids is 1. The normalized spacial score (nSPS) is 11.3. The first-order chi connectivity index (χ1) is 15.3. The van der Waals surface area contributed by atoms with Crippen LogP contribution >= 0.6 is 34.5 Å². The molecule has 0 unspecified atom stereocenters. The van der Waals surface area contributed by atoms with Crippen molar-refractivity contribution in [1.82, 2.24) is 9.55 Å². The average Bonchev–Trinajstić information content (AvgIpc) is 3.45. The topological polar surface area (TPSA) is 88.5 Å². The second kappa shape index (κ2) is 7.70. The summed E-state index contributed by atoms with van der Waals surface area (Å²) in [6.07, 6.45) is 0. The zero-order valence-corrected chi connectivity index (χ0v) is 18.8. The monoisotopic (exact) mass is 484 g/mol. The molecule has 0 fully saturated rings. The third-order valence-electron chi connectivity index (χ3n) is 4.96. The van der Waals surface area contributed by atoms with Gasteiger partial charge in [0.25, 0.3) is 0 Å². The molecule has 9 heteroatoms. The first-order valence-corrected chi connectivity index (χ1v) is 11.0. The van der Waals surface area contributed by atoms with Crippen molar-refractivity contribution >= 4 is 50.5 Å². The van der Waals surface area contributed by atoms with Crippen LogP contribution in [0.5, 0.6) is 11.6 Å². The van der Waals surface area contributed by atoms with Gasteiger partial charge < -0.3 is 14.6 Å². The van der Waals surface area contributed by atoms with Gasteiger partial charge in [-0.05, 0) is 43.3 Å². The van der Waals surface area contributed by atoms with E-state index in [0.717, 1.165) is 4.70 Å². The highest BCUT2D eigenvalue weighted by Crippen LogP contribution is 2.46. The number of fused-ring (bicyclic) bond motifs is 1. The Balaban J connectivity index is 1.84. The van der Waals surface area contributed by atoms with Crippen LogP contribution in [0.1, 0.15) is 21.9 Å². The van der Waals surface area contributed by atoms with E-state index in [4.69, 9.17) is 27.6 Å². The number of aromatic nitrogens is 2. The Hall–Kier alpha value is -3.26. The summed E-state index contributed by atoms with van der Waals surface area (Å²) >= 11 is 13.7. The molecule has 3 heterocycles. The number of ketones is 1. The van der Waals surface area contributed by atoms with Crippen molar-refractivity contribution in [2.45, 2.75) is 6.92 Å². The number of hydrogen-bond donors (Lipinski definition) is 2. The number of rotatable bonds is 4. The number of aryl methyl sites for hydroxylation is 1.